The van der Waals surface area contributed by atoms with Crippen molar-refractivity contribution in [1.29, 1.82) is 0 Å². The van der Waals surface area contributed by atoms with Gasteiger partial charge >= 0.3 is 0 Å². The van der Waals surface area contributed by atoms with E-state index in [0.717, 1.165) is 30.0 Å². The lowest BCUT2D eigenvalue weighted by atomic mass is 10.2. The second-order valence-corrected chi connectivity index (χ2v) is 4.38. The average Bonchev–Trinajstić information content (AvgIpc) is 2.95. The highest BCUT2D eigenvalue weighted by Gasteiger charge is 2.10. The minimum Gasteiger partial charge on any atom is -0.369 e. The number of rotatable bonds is 7. The van der Waals surface area contributed by atoms with E-state index in [4.69, 9.17) is 5.84 Å². The molecule has 8 nitrogen and oxygen atoms in total. The van der Waals surface area contributed by atoms with Gasteiger partial charge in [-0.3, -0.25) is 0 Å². The Balaban J connectivity index is 2.06. The van der Waals surface area contributed by atoms with Crippen molar-refractivity contribution in [2.45, 2.75) is 33.1 Å². The summed E-state index contributed by atoms with van der Waals surface area (Å²) in [5.41, 5.74) is 3.50. The fourth-order valence-electron chi connectivity index (χ4n) is 1.81. The Bertz CT molecular complexity index is 541. The molecule has 0 saturated carbocycles. The smallest absolute Gasteiger partial charge is 0.213 e. The van der Waals surface area contributed by atoms with Crippen LogP contribution in [0, 0.1) is 6.92 Å². The van der Waals surface area contributed by atoms with E-state index in [-0.39, 0.29) is 0 Å². The molecule has 0 fully saturated rings. The largest absolute Gasteiger partial charge is 0.369 e. The van der Waals surface area contributed by atoms with Gasteiger partial charge in [-0.2, -0.15) is 4.98 Å². The maximum Gasteiger partial charge on any atom is 0.213 e. The summed E-state index contributed by atoms with van der Waals surface area (Å²) in [4.78, 5) is 12.8. The van der Waals surface area contributed by atoms with Gasteiger partial charge in [-0.1, -0.05) is 12.1 Å². The predicted octanol–water partition coefficient (Wildman–Crippen LogP) is 1.06. The van der Waals surface area contributed by atoms with Crippen LogP contribution < -0.4 is 16.6 Å². The average molecular weight is 277 g/mol. The normalized spacial score (nSPS) is 10.6. The molecule has 2 aromatic heterocycles. The molecule has 0 saturated heterocycles. The Kier molecular flexibility index (Phi) is 4.83. The molecule has 0 bridgehead atoms. The summed E-state index contributed by atoms with van der Waals surface area (Å²) in [5.74, 6) is 8.35. The van der Waals surface area contributed by atoms with Gasteiger partial charge in [0.1, 0.15) is 17.5 Å². The molecule has 2 rings (SSSR count). The van der Waals surface area contributed by atoms with Crippen molar-refractivity contribution in [3.05, 3.63) is 23.6 Å². The van der Waals surface area contributed by atoms with Crippen LogP contribution in [0.2, 0.25) is 0 Å². The monoisotopic (exact) mass is 277 g/mol. The van der Waals surface area contributed by atoms with E-state index >= 15 is 0 Å². The van der Waals surface area contributed by atoms with Crippen LogP contribution in [-0.2, 0) is 12.8 Å². The van der Waals surface area contributed by atoms with Gasteiger partial charge in [0.2, 0.25) is 6.39 Å². The van der Waals surface area contributed by atoms with Crippen LogP contribution in [0.4, 0.5) is 11.6 Å². The minimum absolute atomic E-state index is 0.644. The third kappa shape index (κ3) is 3.41. The first-order chi connectivity index (χ1) is 9.74. The van der Waals surface area contributed by atoms with Crippen LogP contribution in [0.3, 0.4) is 0 Å². The van der Waals surface area contributed by atoms with Gasteiger partial charge in [0.25, 0.3) is 0 Å². The summed E-state index contributed by atoms with van der Waals surface area (Å²) < 4.78 is 4.69. The summed E-state index contributed by atoms with van der Waals surface area (Å²) in [5, 5.41) is 7.02. The van der Waals surface area contributed by atoms with Crippen molar-refractivity contribution in [2.24, 2.45) is 5.84 Å². The van der Waals surface area contributed by atoms with Crippen molar-refractivity contribution in [1.82, 2.24) is 20.1 Å². The maximum atomic E-state index is 5.49. The Morgan fingerprint density at radius 3 is 2.65 bits per heavy atom. The number of nitrogen functional groups attached to an aromatic ring is 1. The summed E-state index contributed by atoms with van der Waals surface area (Å²) in [7, 11) is 0. The molecule has 4 N–H and O–H groups in total. The van der Waals surface area contributed by atoms with Crippen molar-refractivity contribution in [3.63, 3.8) is 0 Å². The van der Waals surface area contributed by atoms with Gasteiger partial charge in [-0.15, -0.1) is 0 Å². The highest BCUT2D eigenvalue weighted by molar-refractivity contribution is 5.56. The molecule has 0 amide bonds. The SMILES string of the molecule is CCCc1nc(NN)c(C)c(NCCc2ncon2)n1. The molecule has 108 valence electrons. The number of nitrogens with two attached hydrogens (primary N) is 1. The number of hydrogen-bond acceptors (Lipinski definition) is 8. The second-order valence-electron chi connectivity index (χ2n) is 4.38. The molecule has 0 aliphatic heterocycles. The highest BCUT2D eigenvalue weighted by Crippen LogP contribution is 2.19. The highest BCUT2D eigenvalue weighted by atomic mass is 16.5. The lowest BCUT2D eigenvalue weighted by Crippen LogP contribution is -2.16. The number of hydrazine groups is 1. The van der Waals surface area contributed by atoms with Crippen molar-refractivity contribution in [3.8, 4) is 0 Å². The first-order valence-electron chi connectivity index (χ1n) is 6.57. The number of anilines is 2. The van der Waals surface area contributed by atoms with Crippen LogP contribution in [0.15, 0.2) is 10.9 Å². The Hall–Kier alpha value is -2.22. The van der Waals surface area contributed by atoms with Gasteiger partial charge in [-0.25, -0.2) is 15.8 Å². The second kappa shape index (κ2) is 6.80. The molecule has 0 aliphatic carbocycles. The quantitative estimate of drug-likeness (QED) is 0.508. The fourth-order valence-corrected chi connectivity index (χ4v) is 1.81. The van der Waals surface area contributed by atoms with Gasteiger partial charge in [0, 0.05) is 24.9 Å². The third-order valence-corrected chi connectivity index (χ3v) is 2.85. The van der Waals surface area contributed by atoms with E-state index in [1.165, 1.54) is 6.39 Å². The van der Waals surface area contributed by atoms with Crippen LogP contribution in [0.5, 0.6) is 0 Å². The maximum absolute atomic E-state index is 5.49. The zero-order chi connectivity index (χ0) is 14.4. The first kappa shape index (κ1) is 14.2. The van der Waals surface area contributed by atoms with Gasteiger partial charge < -0.3 is 15.3 Å². The molecule has 0 aromatic carbocycles. The molecule has 0 radical (unpaired) electrons. The van der Waals surface area contributed by atoms with Gasteiger partial charge in [0.05, 0.1) is 0 Å². The molecule has 2 aromatic rings. The predicted molar refractivity (Wildman–Crippen MR) is 75.1 cm³/mol. The zero-order valence-corrected chi connectivity index (χ0v) is 11.7. The molecule has 0 aliphatic rings. The van der Waals surface area contributed by atoms with Crippen LogP contribution >= 0.6 is 0 Å². The zero-order valence-electron chi connectivity index (χ0n) is 11.7. The Labute approximate surface area is 117 Å². The lowest BCUT2D eigenvalue weighted by Gasteiger charge is -2.13. The van der Waals surface area contributed by atoms with Crippen LogP contribution in [0.25, 0.3) is 0 Å². The van der Waals surface area contributed by atoms with E-state index in [2.05, 4.69) is 42.3 Å². The molecule has 2 heterocycles. The summed E-state index contributed by atoms with van der Waals surface area (Å²) in [6.45, 7) is 4.66. The van der Waals surface area contributed by atoms with Gasteiger partial charge in [0.15, 0.2) is 5.82 Å². The number of hydrogen-bond donors (Lipinski definition) is 3. The van der Waals surface area contributed by atoms with E-state index in [1.54, 1.807) is 0 Å². The van der Waals surface area contributed by atoms with Crippen molar-refractivity contribution < 1.29 is 4.52 Å². The van der Waals surface area contributed by atoms with Crippen molar-refractivity contribution >= 4 is 11.6 Å². The third-order valence-electron chi connectivity index (χ3n) is 2.85. The fraction of sp³-hybridized carbons (Fsp3) is 0.500. The summed E-state index contributed by atoms with van der Waals surface area (Å²) in [6, 6.07) is 0. The van der Waals surface area contributed by atoms with Crippen molar-refractivity contribution in [2.75, 3.05) is 17.3 Å². The van der Waals surface area contributed by atoms with E-state index < -0.39 is 0 Å². The van der Waals surface area contributed by atoms with E-state index in [1.807, 2.05) is 6.92 Å². The minimum atomic E-state index is 0.644. The topological polar surface area (TPSA) is 115 Å². The summed E-state index contributed by atoms with van der Waals surface area (Å²) >= 11 is 0. The molecular formula is C12H19N7O. The number of nitrogens with one attached hydrogen (secondary N) is 2. The first-order valence-corrected chi connectivity index (χ1v) is 6.57. The molecule has 0 atom stereocenters. The number of aryl methyl sites for hydroxylation is 1. The molecular weight excluding hydrogens is 258 g/mol. The molecule has 0 spiro atoms. The van der Waals surface area contributed by atoms with Crippen LogP contribution in [0.1, 0.15) is 30.6 Å². The molecule has 0 unspecified atom stereocenters. The number of aromatic nitrogens is 4. The van der Waals surface area contributed by atoms with Gasteiger partial charge in [-0.05, 0) is 13.3 Å². The van der Waals surface area contributed by atoms with Crippen LogP contribution in [-0.4, -0.2) is 26.7 Å². The number of nitrogens with zero attached hydrogens (tertiary/aromatic N) is 4. The standard InChI is InChI=1S/C12H19N7O/c1-3-4-10-16-11(8(2)12(17-10)18-13)14-6-5-9-15-7-20-19-9/h7H,3-6,13H2,1-2H3,(H2,14,16,17,18). The van der Waals surface area contributed by atoms with E-state index in [0.29, 0.717) is 24.6 Å². The Morgan fingerprint density at radius 1 is 1.20 bits per heavy atom. The summed E-state index contributed by atoms with van der Waals surface area (Å²) in [6.07, 6.45) is 3.78. The molecule has 20 heavy (non-hydrogen) atoms. The lowest BCUT2D eigenvalue weighted by molar-refractivity contribution is 0.410. The van der Waals surface area contributed by atoms with E-state index in [9.17, 15) is 0 Å². The Morgan fingerprint density at radius 2 is 2.00 bits per heavy atom. The molecule has 8 heteroatoms.